The minimum Gasteiger partial charge on any atom is -0.478 e. The highest BCUT2D eigenvalue weighted by molar-refractivity contribution is 5.85. The van der Waals surface area contributed by atoms with E-state index in [-0.39, 0.29) is 17.7 Å². The number of hydrogen-bond acceptors (Lipinski definition) is 3. The van der Waals surface area contributed by atoms with Crippen molar-refractivity contribution in [3.63, 3.8) is 0 Å². The van der Waals surface area contributed by atoms with E-state index < -0.39 is 5.97 Å². The van der Waals surface area contributed by atoms with Crippen molar-refractivity contribution < 1.29 is 9.90 Å². The first-order valence-electron chi connectivity index (χ1n) is 3.53. The third-order valence-corrected chi connectivity index (χ3v) is 1.46. The Morgan fingerprint density at radius 2 is 2.38 bits per heavy atom. The van der Waals surface area contributed by atoms with Crippen molar-refractivity contribution in [3.8, 4) is 0 Å². The molecule has 0 saturated carbocycles. The van der Waals surface area contributed by atoms with Crippen LogP contribution >= 0.6 is 0 Å². The molecule has 0 saturated heterocycles. The number of carboxylic acid groups (broad SMARTS) is 1. The normalized spacial score (nSPS) is 9.54. The summed E-state index contributed by atoms with van der Waals surface area (Å²) in [6.45, 7) is 3.26. The minimum absolute atomic E-state index is 0.0397. The lowest BCUT2D eigenvalue weighted by Crippen LogP contribution is -2.21. The van der Waals surface area contributed by atoms with Gasteiger partial charge in [0.25, 0.3) is 5.56 Å². The molecule has 5 nitrogen and oxygen atoms in total. The Bertz CT molecular complexity index is 394. The molecule has 0 aliphatic rings. The summed E-state index contributed by atoms with van der Waals surface area (Å²) in [7, 11) is 0. The molecule has 0 amide bonds. The summed E-state index contributed by atoms with van der Waals surface area (Å²) < 4.78 is 1.18. The highest BCUT2D eigenvalue weighted by Gasteiger charge is 2.04. The lowest BCUT2D eigenvalue weighted by atomic mass is 10.3. The Morgan fingerprint density at radius 1 is 1.69 bits per heavy atom. The number of carboxylic acids is 1. The van der Waals surface area contributed by atoms with Gasteiger partial charge in [0.15, 0.2) is 0 Å². The van der Waals surface area contributed by atoms with Gasteiger partial charge in [-0.05, 0) is 0 Å². The van der Waals surface area contributed by atoms with Crippen LogP contribution in [-0.4, -0.2) is 20.6 Å². The third kappa shape index (κ3) is 2.26. The van der Waals surface area contributed by atoms with E-state index in [1.165, 1.54) is 23.2 Å². The first-order valence-corrected chi connectivity index (χ1v) is 3.53. The maximum Gasteiger partial charge on any atom is 0.332 e. The highest BCUT2D eigenvalue weighted by atomic mass is 16.4. The molecule has 1 heterocycles. The SMILES string of the molecule is C=C(Cn1cnccc1=O)C(=O)O. The standard InChI is InChI=1S/C8H8N2O3/c1-6(8(12)13)4-10-5-9-3-2-7(10)11/h2-3,5H,1,4H2,(H,12,13). The largest absolute Gasteiger partial charge is 0.478 e. The first-order chi connectivity index (χ1) is 6.11. The zero-order valence-electron chi connectivity index (χ0n) is 6.80. The predicted molar refractivity (Wildman–Crippen MR) is 45.3 cm³/mol. The van der Waals surface area contributed by atoms with Gasteiger partial charge < -0.3 is 5.11 Å². The summed E-state index contributed by atoms with van der Waals surface area (Å²) in [4.78, 5) is 25.1. The summed E-state index contributed by atoms with van der Waals surface area (Å²) in [5.74, 6) is -1.12. The summed E-state index contributed by atoms with van der Waals surface area (Å²) in [6, 6.07) is 1.26. The molecule has 0 aromatic carbocycles. The van der Waals surface area contributed by atoms with E-state index in [0.717, 1.165) is 0 Å². The second-order valence-electron chi connectivity index (χ2n) is 2.46. The van der Waals surface area contributed by atoms with Crippen LogP contribution in [0.2, 0.25) is 0 Å². The van der Waals surface area contributed by atoms with Gasteiger partial charge in [-0.15, -0.1) is 0 Å². The van der Waals surface area contributed by atoms with Crippen molar-refractivity contribution in [3.05, 3.63) is 41.1 Å². The first kappa shape index (κ1) is 9.18. The zero-order valence-corrected chi connectivity index (χ0v) is 6.80. The fourth-order valence-corrected chi connectivity index (χ4v) is 0.770. The number of aromatic nitrogens is 2. The van der Waals surface area contributed by atoms with Crippen molar-refractivity contribution in [2.24, 2.45) is 0 Å². The lowest BCUT2D eigenvalue weighted by Gasteiger charge is -2.02. The maximum atomic E-state index is 11.1. The molecule has 0 radical (unpaired) electrons. The molecule has 0 spiro atoms. The fraction of sp³-hybridized carbons (Fsp3) is 0.125. The maximum absolute atomic E-state index is 11.1. The number of rotatable bonds is 3. The Hall–Kier alpha value is -1.91. The number of nitrogens with zero attached hydrogens (tertiary/aromatic N) is 2. The van der Waals surface area contributed by atoms with Crippen molar-refractivity contribution in [1.29, 1.82) is 0 Å². The van der Waals surface area contributed by atoms with E-state index >= 15 is 0 Å². The van der Waals surface area contributed by atoms with Crippen LogP contribution in [0.25, 0.3) is 0 Å². The van der Waals surface area contributed by atoms with Crippen LogP contribution in [0.3, 0.4) is 0 Å². The molecule has 1 aromatic heterocycles. The second kappa shape index (κ2) is 3.66. The molecule has 0 aliphatic carbocycles. The van der Waals surface area contributed by atoms with Crippen LogP contribution in [-0.2, 0) is 11.3 Å². The van der Waals surface area contributed by atoms with Gasteiger partial charge in [0.05, 0.1) is 12.9 Å². The van der Waals surface area contributed by atoms with E-state index in [0.29, 0.717) is 0 Å². The van der Waals surface area contributed by atoms with Gasteiger partial charge >= 0.3 is 5.97 Å². The molecule has 1 rings (SSSR count). The molecule has 1 aromatic rings. The fourth-order valence-electron chi connectivity index (χ4n) is 0.770. The molecule has 5 heteroatoms. The van der Waals surface area contributed by atoms with E-state index in [9.17, 15) is 9.59 Å². The minimum atomic E-state index is -1.12. The molecule has 68 valence electrons. The summed E-state index contributed by atoms with van der Waals surface area (Å²) in [5.41, 5.74) is -0.340. The lowest BCUT2D eigenvalue weighted by molar-refractivity contribution is -0.132. The van der Waals surface area contributed by atoms with E-state index in [1.54, 1.807) is 0 Å². The predicted octanol–water partition coefficient (Wildman–Crippen LogP) is -0.116. The molecule has 0 aliphatic heterocycles. The monoisotopic (exact) mass is 180 g/mol. The van der Waals surface area contributed by atoms with Crippen LogP contribution in [0, 0.1) is 0 Å². The van der Waals surface area contributed by atoms with Gasteiger partial charge in [0, 0.05) is 17.8 Å². The highest BCUT2D eigenvalue weighted by Crippen LogP contribution is 1.92. The van der Waals surface area contributed by atoms with Crippen molar-refractivity contribution >= 4 is 5.97 Å². The van der Waals surface area contributed by atoms with Crippen molar-refractivity contribution in [2.75, 3.05) is 0 Å². The second-order valence-corrected chi connectivity index (χ2v) is 2.46. The average molecular weight is 180 g/mol. The van der Waals surface area contributed by atoms with Crippen LogP contribution in [0.15, 0.2) is 35.5 Å². The molecule has 0 atom stereocenters. The van der Waals surface area contributed by atoms with Gasteiger partial charge in [-0.1, -0.05) is 6.58 Å². The zero-order chi connectivity index (χ0) is 9.84. The molecule has 13 heavy (non-hydrogen) atoms. The Labute approximate surface area is 74.0 Å². The van der Waals surface area contributed by atoms with Crippen LogP contribution in [0.1, 0.15) is 0 Å². The molecular formula is C8H8N2O3. The van der Waals surface area contributed by atoms with Gasteiger partial charge in [-0.3, -0.25) is 9.36 Å². The quantitative estimate of drug-likeness (QED) is 0.658. The Kier molecular flexibility index (Phi) is 2.59. The molecule has 1 N–H and O–H groups in total. The summed E-state index contributed by atoms with van der Waals surface area (Å²) in [6.07, 6.45) is 2.62. The molecule has 0 bridgehead atoms. The van der Waals surface area contributed by atoms with E-state index in [4.69, 9.17) is 5.11 Å². The van der Waals surface area contributed by atoms with Crippen LogP contribution < -0.4 is 5.56 Å². The molecular weight excluding hydrogens is 172 g/mol. The van der Waals surface area contributed by atoms with E-state index in [1.807, 2.05) is 0 Å². The Balaban J connectivity index is 2.87. The summed E-state index contributed by atoms with van der Waals surface area (Å²) in [5, 5.41) is 8.50. The molecule has 0 unspecified atom stereocenters. The number of aliphatic carboxylic acids is 1. The number of hydrogen-bond donors (Lipinski definition) is 1. The van der Waals surface area contributed by atoms with E-state index in [2.05, 4.69) is 11.6 Å². The van der Waals surface area contributed by atoms with Gasteiger partial charge in [-0.2, -0.15) is 0 Å². The molecule has 0 fully saturated rings. The van der Waals surface area contributed by atoms with Gasteiger partial charge in [-0.25, -0.2) is 9.78 Å². The van der Waals surface area contributed by atoms with Crippen molar-refractivity contribution in [1.82, 2.24) is 9.55 Å². The summed E-state index contributed by atoms with van der Waals surface area (Å²) >= 11 is 0. The van der Waals surface area contributed by atoms with Gasteiger partial charge in [0.1, 0.15) is 0 Å². The van der Waals surface area contributed by atoms with Crippen LogP contribution in [0.4, 0.5) is 0 Å². The smallest absolute Gasteiger partial charge is 0.332 e. The Morgan fingerprint density at radius 3 is 2.92 bits per heavy atom. The topological polar surface area (TPSA) is 72.2 Å². The van der Waals surface area contributed by atoms with Gasteiger partial charge in [0.2, 0.25) is 0 Å². The third-order valence-electron chi connectivity index (χ3n) is 1.46. The van der Waals surface area contributed by atoms with Crippen LogP contribution in [0.5, 0.6) is 0 Å². The van der Waals surface area contributed by atoms with Crippen molar-refractivity contribution in [2.45, 2.75) is 6.54 Å². The average Bonchev–Trinajstić information content (AvgIpc) is 2.08. The number of carbonyl (C=O) groups is 1.